The van der Waals surface area contributed by atoms with Crippen LogP contribution in [0.5, 0.6) is 0 Å². The summed E-state index contributed by atoms with van der Waals surface area (Å²) in [6.45, 7) is 2.59. The summed E-state index contributed by atoms with van der Waals surface area (Å²) in [5.41, 5.74) is 1.11. The summed E-state index contributed by atoms with van der Waals surface area (Å²) in [7, 11) is 1.56. The lowest BCUT2D eigenvalue weighted by atomic mass is 10.2. The molecule has 21 heavy (non-hydrogen) atoms. The fourth-order valence-electron chi connectivity index (χ4n) is 2.09. The number of amides is 1. The van der Waals surface area contributed by atoms with E-state index < -0.39 is 12.0 Å². The Hall–Kier alpha value is -2.41. The Morgan fingerprint density at radius 2 is 2.24 bits per heavy atom. The number of para-hydroxylation sites is 1. The maximum atomic E-state index is 12.0. The number of methoxy groups -OCH3 is 1. The second-order valence-corrected chi connectivity index (χ2v) is 4.59. The maximum Gasteiger partial charge on any atom is 0.337 e. The molecular weight excluding hydrogens is 274 g/mol. The number of aromatic carboxylic acids is 1. The van der Waals surface area contributed by atoms with E-state index in [-0.39, 0.29) is 11.5 Å². The Kier molecular flexibility index (Phi) is 4.54. The van der Waals surface area contributed by atoms with E-state index in [9.17, 15) is 9.59 Å². The lowest BCUT2D eigenvalue weighted by Gasteiger charge is -2.14. The number of carbonyl (C=O) groups is 2. The first-order valence-electron chi connectivity index (χ1n) is 6.51. The van der Waals surface area contributed by atoms with Gasteiger partial charge in [-0.3, -0.25) is 4.79 Å². The molecule has 0 spiro atoms. The highest BCUT2D eigenvalue weighted by molar-refractivity contribution is 6.01. The van der Waals surface area contributed by atoms with Crippen molar-refractivity contribution in [3.05, 3.63) is 30.1 Å². The molecule has 1 unspecified atom stereocenters. The first-order valence-corrected chi connectivity index (χ1v) is 6.51. The molecule has 1 heterocycles. The highest BCUT2D eigenvalue weighted by atomic mass is 16.5. The zero-order valence-electron chi connectivity index (χ0n) is 11.9. The lowest BCUT2D eigenvalue weighted by molar-refractivity contribution is -0.123. The van der Waals surface area contributed by atoms with Gasteiger partial charge in [0, 0.05) is 13.7 Å². The molecule has 0 fully saturated rings. The fourth-order valence-corrected chi connectivity index (χ4v) is 2.09. The van der Waals surface area contributed by atoms with E-state index in [4.69, 9.17) is 9.84 Å². The molecule has 0 aliphatic heterocycles. The second-order valence-electron chi connectivity index (χ2n) is 4.59. The zero-order valence-corrected chi connectivity index (χ0v) is 11.9. The summed E-state index contributed by atoms with van der Waals surface area (Å²) >= 11 is 0. The summed E-state index contributed by atoms with van der Waals surface area (Å²) < 4.78 is 6.53. The molecule has 0 aliphatic rings. The summed E-state index contributed by atoms with van der Waals surface area (Å²) in [6, 6.07) is 4.38. The van der Waals surface area contributed by atoms with Gasteiger partial charge in [-0.25, -0.2) is 9.78 Å². The number of carboxylic acid groups (broad SMARTS) is 1. The van der Waals surface area contributed by atoms with Crippen LogP contribution in [0.3, 0.4) is 0 Å². The van der Waals surface area contributed by atoms with Crippen molar-refractivity contribution in [2.45, 2.75) is 13.0 Å². The number of aromatic nitrogens is 2. The smallest absolute Gasteiger partial charge is 0.337 e. The third-order valence-corrected chi connectivity index (χ3v) is 3.24. The maximum absolute atomic E-state index is 12.0. The second kappa shape index (κ2) is 6.36. The number of hydrogen-bond donors (Lipinski definition) is 2. The Balaban J connectivity index is 2.28. The van der Waals surface area contributed by atoms with Gasteiger partial charge in [0.1, 0.15) is 11.6 Å². The molecule has 0 saturated heterocycles. The fraction of sp³-hybridized carbons (Fsp3) is 0.357. The first-order chi connectivity index (χ1) is 10.1. The molecule has 1 atom stereocenters. The van der Waals surface area contributed by atoms with Crippen LogP contribution in [0.1, 0.15) is 23.3 Å². The molecule has 0 aliphatic carbocycles. The van der Waals surface area contributed by atoms with Gasteiger partial charge in [-0.1, -0.05) is 6.07 Å². The van der Waals surface area contributed by atoms with Crippen molar-refractivity contribution in [3.8, 4) is 0 Å². The number of carbonyl (C=O) groups excluding carboxylic acids is 1. The number of hydrogen-bond acceptors (Lipinski definition) is 4. The van der Waals surface area contributed by atoms with Crippen LogP contribution in [0.2, 0.25) is 0 Å². The van der Waals surface area contributed by atoms with Gasteiger partial charge in [0.15, 0.2) is 0 Å². The van der Waals surface area contributed by atoms with Gasteiger partial charge < -0.3 is 19.7 Å². The summed E-state index contributed by atoms with van der Waals surface area (Å²) in [4.78, 5) is 27.3. The molecule has 2 aromatic rings. The number of ether oxygens (including phenoxy) is 1. The van der Waals surface area contributed by atoms with Crippen molar-refractivity contribution in [1.29, 1.82) is 0 Å². The summed E-state index contributed by atoms with van der Waals surface area (Å²) in [6.07, 6.45) is 1.48. The molecule has 7 heteroatoms. The molecule has 1 aromatic heterocycles. The zero-order chi connectivity index (χ0) is 15.4. The van der Waals surface area contributed by atoms with Crippen molar-refractivity contribution in [2.75, 3.05) is 20.3 Å². The van der Waals surface area contributed by atoms with Crippen molar-refractivity contribution in [2.24, 2.45) is 0 Å². The van der Waals surface area contributed by atoms with E-state index >= 15 is 0 Å². The normalized spacial score (nSPS) is 12.3. The molecular formula is C14H17N3O4. The molecule has 112 valence electrons. The average molecular weight is 291 g/mol. The van der Waals surface area contributed by atoms with Crippen LogP contribution in [0.4, 0.5) is 0 Å². The number of benzene rings is 1. The summed E-state index contributed by atoms with van der Waals surface area (Å²) in [5, 5.41) is 11.9. The van der Waals surface area contributed by atoms with Crippen LogP contribution in [0.15, 0.2) is 24.5 Å². The molecule has 7 nitrogen and oxygen atoms in total. The van der Waals surface area contributed by atoms with E-state index in [0.717, 1.165) is 0 Å². The van der Waals surface area contributed by atoms with Gasteiger partial charge in [0.25, 0.3) is 0 Å². The minimum absolute atomic E-state index is 0.123. The largest absolute Gasteiger partial charge is 0.478 e. The SMILES string of the molecule is COCCNC(=O)C(C)n1cnc2c(C(=O)O)cccc21. The van der Waals surface area contributed by atoms with Crippen molar-refractivity contribution < 1.29 is 19.4 Å². The van der Waals surface area contributed by atoms with Crippen LogP contribution in [0.25, 0.3) is 11.0 Å². The molecule has 0 radical (unpaired) electrons. The molecule has 2 rings (SSSR count). The number of nitrogens with one attached hydrogen (secondary N) is 1. The lowest BCUT2D eigenvalue weighted by Crippen LogP contribution is -2.33. The minimum Gasteiger partial charge on any atom is -0.478 e. The van der Waals surface area contributed by atoms with Gasteiger partial charge in [0.2, 0.25) is 5.91 Å². The minimum atomic E-state index is -1.04. The van der Waals surface area contributed by atoms with E-state index in [2.05, 4.69) is 10.3 Å². The number of nitrogens with zero attached hydrogens (tertiary/aromatic N) is 2. The molecule has 0 saturated carbocycles. The van der Waals surface area contributed by atoms with E-state index in [1.165, 1.54) is 12.4 Å². The van der Waals surface area contributed by atoms with Crippen molar-refractivity contribution in [1.82, 2.24) is 14.9 Å². The van der Waals surface area contributed by atoms with Crippen molar-refractivity contribution >= 4 is 22.9 Å². The van der Waals surface area contributed by atoms with Gasteiger partial charge in [-0.2, -0.15) is 0 Å². The quantitative estimate of drug-likeness (QED) is 0.776. The third-order valence-electron chi connectivity index (χ3n) is 3.24. The molecule has 1 aromatic carbocycles. The highest BCUT2D eigenvalue weighted by Crippen LogP contribution is 2.21. The molecule has 1 amide bonds. The molecule has 0 bridgehead atoms. The van der Waals surface area contributed by atoms with E-state index in [1.54, 1.807) is 30.7 Å². The molecule has 2 N–H and O–H groups in total. The highest BCUT2D eigenvalue weighted by Gasteiger charge is 2.19. The topological polar surface area (TPSA) is 93.5 Å². The van der Waals surface area contributed by atoms with Crippen LogP contribution >= 0.6 is 0 Å². The van der Waals surface area contributed by atoms with Crippen LogP contribution in [-0.2, 0) is 9.53 Å². The van der Waals surface area contributed by atoms with Crippen LogP contribution < -0.4 is 5.32 Å². The number of imidazole rings is 1. The van der Waals surface area contributed by atoms with Crippen LogP contribution in [0, 0.1) is 0 Å². The predicted molar refractivity (Wildman–Crippen MR) is 76.3 cm³/mol. The van der Waals surface area contributed by atoms with Crippen LogP contribution in [-0.4, -0.2) is 46.8 Å². The number of fused-ring (bicyclic) bond motifs is 1. The van der Waals surface area contributed by atoms with Gasteiger partial charge in [0.05, 0.1) is 24.0 Å². The van der Waals surface area contributed by atoms with E-state index in [0.29, 0.717) is 24.2 Å². The standard InChI is InChI=1S/C14H17N3O4/c1-9(13(18)15-6-7-21-2)17-8-16-12-10(14(19)20)4-3-5-11(12)17/h3-5,8-9H,6-7H2,1-2H3,(H,15,18)(H,19,20). The Morgan fingerprint density at radius 1 is 1.48 bits per heavy atom. The first kappa shape index (κ1) is 15.0. The Morgan fingerprint density at radius 3 is 2.90 bits per heavy atom. The monoisotopic (exact) mass is 291 g/mol. The predicted octanol–water partition coefficient (Wildman–Crippen LogP) is 1.06. The third kappa shape index (κ3) is 3.03. The number of rotatable bonds is 6. The van der Waals surface area contributed by atoms with Gasteiger partial charge in [-0.15, -0.1) is 0 Å². The Bertz CT molecular complexity index is 665. The van der Waals surface area contributed by atoms with Crippen molar-refractivity contribution in [3.63, 3.8) is 0 Å². The number of carboxylic acids is 1. The average Bonchev–Trinajstić information content (AvgIpc) is 2.90. The van der Waals surface area contributed by atoms with Gasteiger partial charge >= 0.3 is 5.97 Å². The van der Waals surface area contributed by atoms with Gasteiger partial charge in [-0.05, 0) is 19.1 Å². The van der Waals surface area contributed by atoms with E-state index in [1.807, 2.05) is 0 Å². The summed E-state index contributed by atoms with van der Waals surface area (Å²) in [5.74, 6) is -1.21. The Labute approximate surface area is 121 Å².